The van der Waals surface area contributed by atoms with Crippen molar-refractivity contribution in [3.63, 3.8) is 0 Å². The van der Waals surface area contributed by atoms with E-state index in [1.165, 1.54) is 5.56 Å². The number of rotatable bonds is 5. The van der Waals surface area contributed by atoms with E-state index in [2.05, 4.69) is 29.3 Å². The number of hydrogen-bond donors (Lipinski definition) is 1. The van der Waals surface area contributed by atoms with E-state index in [1.54, 1.807) is 6.92 Å². The van der Waals surface area contributed by atoms with Crippen LogP contribution in [0.15, 0.2) is 29.3 Å². The fourth-order valence-corrected chi connectivity index (χ4v) is 3.76. The molecule has 0 aromatic heterocycles. The highest BCUT2D eigenvalue weighted by Gasteiger charge is 2.22. The topological polar surface area (TPSA) is 68.2 Å². The maximum absolute atomic E-state index is 12.0. The summed E-state index contributed by atoms with van der Waals surface area (Å²) in [5.41, 5.74) is 2.32. The average molecular weight is 513 g/mol. The van der Waals surface area contributed by atoms with Crippen molar-refractivity contribution < 1.29 is 9.59 Å². The monoisotopic (exact) mass is 513 g/mol. The van der Waals surface area contributed by atoms with Crippen molar-refractivity contribution >= 4 is 41.8 Å². The summed E-state index contributed by atoms with van der Waals surface area (Å²) in [6.45, 7) is 9.61. The van der Waals surface area contributed by atoms with Crippen LogP contribution in [-0.4, -0.2) is 71.7 Å². The fourth-order valence-electron chi connectivity index (χ4n) is 3.76. The molecule has 0 spiro atoms. The Hall–Kier alpha value is -1.84. The van der Waals surface area contributed by atoms with Crippen LogP contribution < -0.4 is 5.32 Å². The Bertz CT molecular complexity index is 732. The number of carbonyl (C=O) groups excluding carboxylic acids is 2. The van der Waals surface area contributed by atoms with Crippen LogP contribution in [0.2, 0.25) is 0 Å². The molecule has 0 radical (unpaired) electrons. The van der Waals surface area contributed by atoms with Crippen LogP contribution in [0.4, 0.5) is 0 Å². The van der Waals surface area contributed by atoms with E-state index in [1.807, 2.05) is 21.9 Å². The first kappa shape index (κ1) is 23.4. The summed E-state index contributed by atoms with van der Waals surface area (Å²) in [5.74, 6) is 1.26. The van der Waals surface area contributed by atoms with E-state index in [0.717, 1.165) is 57.2 Å². The Labute approximate surface area is 190 Å². The van der Waals surface area contributed by atoms with Gasteiger partial charge in [0.1, 0.15) is 0 Å². The Kier molecular flexibility index (Phi) is 9.19. The summed E-state index contributed by atoms with van der Waals surface area (Å²) in [4.78, 5) is 34.4. The largest absolute Gasteiger partial charge is 0.357 e. The first-order valence-electron chi connectivity index (χ1n) is 10.2. The van der Waals surface area contributed by atoms with E-state index in [0.29, 0.717) is 19.5 Å². The number of hydrogen-bond acceptors (Lipinski definition) is 3. The van der Waals surface area contributed by atoms with Crippen LogP contribution in [0.1, 0.15) is 37.8 Å². The van der Waals surface area contributed by atoms with Crippen LogP contribution in [0.25, 0.3) is 0 Å². The lowest BCUT2D eigenvalue weighted by atomic mass is 10.1. The summed E-state index contributed by atoms with van der Waals surface area (Å²) in [7, 11) is 0. The molecule has 1 aromatic carbocycles. The van der Waals surface area contributed by atoms with E-state index in [-0.39, 0.29) is 35.8 Å². The predicted molar refractivity (Wildman–Crippen MR) is 125 cm³/mol. The van der Waals surface area contributed by atoms with Gasteiger partial charge >= 0.3 is 0 Å². The molecule has 3 rings (SSSR count). The van der Waals surface area contributed by atoms with Gasteiger partial charge in [0.05, 0.1) is 6.54 Å². The molecule has 29 heavy (non-hydrogen) atoms. The lowest BCUT2D eigenvalue weighted by Gasteiger charge is -2.36. The molecule has 2 fully saturated rings. The molecule has 0 saturated carbocycles. The summed E-state index contributed by atoms with van der Waals surface area (Å²) in [6, 6.07) is 8.24. The molecule has 0 unspecified atom stereocenters. The van der Waals surface area contributed by atoms with Gasteiger partial charge in [0.15, 0.2) is 5.96 Å². The Balaban J connectivity index is 0.00000300. The van der Waals surface area contributed by atoms with Gasteiger partial charge < -0.3 is 20.0 Å². The van der Waals surface area contributed by atoms with Crippen molar-refractivity contribution in [2.45, 2.75) is 39.8 Å². The van der Waals surface area contributed by atoms with Crippen LogP contribution >= 0.6 is 24.0 Å². The minimum atomic E-state index is 0. The summed E-state index contributed by atoms with van der Waals surface area (Å²) < 4.78 is 0. The van der Waals surface area contributed by atoms with Gasteiger partial charge in [0.2, 0.25) is 11.8 Å². The van der Waals surface area contributed by atoms with Crippen LogP contribution in [0.3, 0.4) is 0 Å². The molecule has 0 atom stereocenters. The molecular weight excluding hydrogens is 481 g/mol. The van der Waals surface area contributed by atoms with Gasteiger partial charge in [-0.05, 0) is 24.5 Å². The van der Waals surface area contributed by atoms with Crippen LogP contribution in [0.5, 0.6) is 0 Å². The number of aliphatic imine (C=N–C) groups is 1. The number of guanidine groups is 1. The molecule has 8 heteroatoms. The van der Waals surface area contributed by atoms with Gasteiger partial charge in [-0.1, -0.05) is 24.3 Å². The van der Waals surface area contributed by atoms with Crippen molar-refractivity contribution in [3.05, 3.63) is 35.4 Å². The number of piperazine rings is 1. The second-order valence-electron chi connectivity index (χ2n) is 7.35. The number of halogens is 1. The van der Waals surface area contributed by atoms with Crippen molar-refractivity contribution in [3.8, 4) is 0 Å². The highest BCUT2D eigenvalue weighted by Crippen LogP contribution is 2.18. The third-order valence-corrected chi connectivity index (χ3v) is 5.41. The number of benzene rings is 1. The molecule has 0 aliphatic carbocycles. The third kappa shape index (κ3) is 6.32. The molecule has 0 bridgehead atoms. The second kappa shape index (κ2) is 11.4. The van der Waals surface area contributed by atoms with Gasteiger partial charge in [-0.3, -0.25) is 9.59 Å². The molecule has 1 N–H and O–H groups in total. The van der Waals surface area contributed by atoms with E-state index < -0.39 is 0 Å². The molecule has 2 saturated heterocycles. The lowest BCUT2D eigenvalue weighted by molar-refractivity contribution is -0.130. The number of likely N-dealkylation sites (tertiary alicyclic amines) is 1. The maximum Gasteiger partial charge on any atom is 0.222 e. The predicted octanol–water partition coefficient (Wildman–Crippen LogP) is 2.06. The van der Waals surface area contributed by atoms with Gasteiger partial charge in [-0.25, -0.2) is 4.99 Å². The molecule has 7 nitrogen and oxygen atoms in total. The van der Waals surface area contributed by atoms with Crippen molar-refractivity contribution in [2.75, 3.05) is 39.3 Å². The normalized spacial score (nSPS) is 17.4. The zero-order chi connectivity index (χ0) is 19.9. The smallest absolute Gasteiger partial charge is 0.222 e. The Morgan fingerprint density at radius 2 is 1.72 bits per heavy atom. The Morgan fingerprint density at radius 1 is 1.07 bits per heavy atom. The number of nitrogens with one attached hydrogen (secondary N) is 1. The summed E-state index contributed by atoms with van der Waals surface area (Å²) in [5, 5.41) is 3.37. The van der Waals surface area contributed by atoms with Gasteiger partial charge in [0.25, 0.3) is 0 Å². The summed E-state index contributed by atoms with van der Waals surface area (Å²) in [6.07, 6.45) is 1.62. The number of amides is 2. The lowest BCUT2D eigenvalue weighted by Crippen LogP contribution is -2.53. The van der Waals surface area contributed by atoms with Crippen LogP contribution in [0, 0.1) is 0 Å². The molecule has 1 aromatic rings. The fraction of sp³-hybridized carbons (Fsp3) is 0.571. The SMILES string of the molecule is CCNC(=NCc1ccccc1CN1CCCC1=O)N1CCN(C(C)=O)CC1.I. The molecule has 2 aliphatic heterocycles. The minimum absolute atomic E-state index is 0. The maximum atomic E-state index is 12.0. The minimum Gasteiger partial charge on any atom is -0.357 e. The zero-order valence-corrected chi connectivity index (χ0v) is 19.7. The molecule has 2 aliphatic rings. The molecule has 2 amide bonds. The highest BCUT2D eigenvalue weighted by molar-refractivity contribution is 14.0. The van der Waals surface area contributed by atoms with Gasteiger partial charge in [0, 0.05) is 59.2 Å². The first-order valence-corrected chi connectivity index (χ1v) is 10.2. The van der Waals surface area contributed by atoms with Crippen molar-refractivity contribution in [1.82, 2.24) is 20.0 Å². The standard InChI is InChI=1S/C21H31N5O2.HI/c1-3-22-21(25-13-11-24(12-14-25)17(2)27)23-15-18-7-4-5-8-19(18)16-26-10-6-9-20(26)28;/h4-5,7-8H,3,6,9-16H2,1-2H3,(H,22,23);1H. The average Bonchev–Trinajstić information content (AvgIpc) is 3.11. The van der Waals surface area contributed by atoms with Gasteiger partial charge in [-0.15, -0.1) is 24.0 Å². The quantitative estimate of drug-likeness (QED) is 0.372. The first-order chi connectivity index (χ1) is 13.6. The Morgan fingerprint density at radius 3 is 2.31 bits per heavy atom. The third-order valence-electron chi connectivity index (χ3n) is 5.41. The van der Waals surface area contributed by atoms with E-state index in [4.69, 9.17) is 4.99 Å². The zero-order valence-electron chi connectivity index (χ0n) is 17.4. The van der Waals surface area contributed by atoms with Gasteiger partial charge in [-0.2, -0.15) is 0 Å². The second-order valence-corrected chi connectivity index (χ2v) is 7.35. The molecule has 2 heterocycles. The summed E-state index contributed by atoms with van der Waals surface area (Å²) >= 11 is 0. The highest BCUT2D eigenvalue weighted by atomic mass is 127. The molecule has 160 valence electrons. The van der Waals surface area contributed by atoms with E-state index >= 15 is 0 Å². The van der Waals surface area contributed by atoms with Crippen molar-refractivity contribution in [1.29, 1.82) is 0 Å². The van der Waals surface area contributed by atoms with Crippen molar-refractivity contribution in [2.24, 2.45) is 4.99 Å². The van der Waals surface area contributed by atoms with Crippen LogP contribution in [-0.2, 0) is 22.7 Å². The number of carbonyl (C=O) groups is 2. The number of nitrogens with zero attached hydrogens (tertiary/aromatic N) is 4. The van der Waals surface area contributed by atoms with E-state index in [9.17, 15) is 9.59 Å². The molecular formula is C21H32IN5O2.